The van der Waals surface area contributed by atoms with Gasteiger partial charge in [-0.15, -0.1) is 0 Å². The number of thioether (sulfide) groups is 1. The van der Waals surface area contributed by atoms with Crippen LogP contribution in [0.4, 0.5) is 0 Å². The van der Waals surface area contributed by atoms with E-state index in [0.29, 0.717) is 11.3 Å². The second-order valence-corrected chi connectivity index (χ2v) is 7.77. The Kier molecular flexibility index (Phi) is 6.19. The van der Waals surface area contributed by atoms with Crippen LogP contribution in [0, 0.1) is 0 Å². The lowest BCUT2D eigenvalue weighted by Crippen LogP contribution is -2.19. The van der Waals surface area contributed by atoms with Gasteiger partial charge in [-0.3, -0.25) is 4.79 Å². The van der Waals surface area contributed by atoms with Gasteiger partial charge < -0.3 is 10.2 Å². The fourth-order valence-corrected chi connectivity index (χ4v) is 2.96. The van der Waals surface area contributed by atoms with Crippen LogP contribution < -0.4 is 0 Å². The highest BCUT2D eigenvalue weighted by Gasteiger charge is 2.20. The predicted octanol–water partition coefficient (Wildman–Crippen LogP) is 1.15. The summed E-state index contributed by atoms with van der Waals surface area (Å²) in [5.41, 5.74) is 0.341. The van der Waals surface area contributed by atoms with Crippen molar-refractivity contribution in [3.8, 4) is 0 Å². The number of aliphatic hydroxyl groups excluding tert-OH is 2. The summed E-state index contributed by atoms with van der Waals surface area (Å²) in [6, 6.07) is 5.86. The normalized spacial score (nSPS) is 14.8. The summed E-state index contributed by atoms with van der Waals surface area (Å²) in [5.74, 6) is 0.402. The Labute approximate surface area is 122 Å². The van der Waals surface area contributed by atoms with Gasteiger partial charge in [0.05, 0.1) is 11.0 Å². The molecule has 0 aliphatic carbocycles. The average molecular weight is 318 g/mol. The molecular formula is C13H18O5S2. The molecule has 0 radical (unpaired) electrons. The molecule has 0 fully saturated rings. The minimum absolute atomic E-state index is 0.0502. The summed E-state index contributed by atoms with van der Waals surface area (Å²) >= 11 is 1.07. The lowest BCUT2D eigenvalue weighted by molar-refractivity contribution is -0.109. The molecular weight excluding hydrogens is 300 g/mol. The number of hydrogen-bond acceptors (Lipinski definition) is 6. The molecule has 1 rings (SSSR count). The van der Waals surface area contributed by atoms with Crippen LogP contribution in [0.1, 0.15) is 25.0 Å². The van der Waals surface area contributed by atoms with Crippen LogP contribution >= 0.6 is 11.8 Å². The number of hydrogen-bond donors (Lipinski definition) is 2. The maximum Gasteiger partial charge on any atom is 0.185 e. The topological polar surface area (TPSA) is 91.7 Å². The maximum absolute atomic E-state index is 11.4. The summed E-state index contributed by atoms with van der Waals surface area (Å²) in [6.45, 7) is 1.43. The first-order valence-corrected chi connectivity index (χ1v) is 8.89. The largest absolute Gasteiger partial charge is 0.390 e. The van der Waals surface area contributed by atoms with Gasteiger partial charge in [0.1, 0.15) is 6.10 Å². The van der Waals surface area contributed by atoms with E-state index in [4.69, 9.17) is 0 Å². The Bertz CT molecular complexity index is 568. The molecule has 2 atom stereocenters. The summed E-state index contributed by atoms with van der Waals surface area (Å²) < 4.78 is 22.9. The Morgan fingerprint density at radius 1 is 1.35 bits per heavy atom. The fraction of sp³-hybridized carbons (Fsp3) is 0.462. The van der Waals surface area contributed by atoms with Crippen molar-refractivity contribution in [1.29, 1.82) is 0 Å². The lowest BCUT2D eigenvalue weighted by atomic mass is 10.0. The van der Waals surface area contributed by atoms with Crippen molar-refractivity contribution in [3.05, 3.63) is 29.8 Å². The van der Waals surface area contributed by atoms with E-state index in [0.717, 1.165) is 18.0 Å². The first-order valence-electron chi connectivity index (χ1n) is 6.01. The standard InChI is InChI=1S/C13H18O5S2/c1-9(14)19-7-6-12(15)13(16)10-4-3-5-11(8-10)20(2,17)18/h3-5,8,12-13,15-16H,6-7H2,1-2H3. The molecule has 1 aromatic rings. The summed E-state index contributed by atoms with van der Waals surface area (Å²) in [6.07, 6.45) is -0.895. The van der Waals surface area contributed by atoms with Crippen LogP contribution in [0.15, 0.2) is 29.2 Å². The van der Waals surface area contributed by atoms with Crippen LogP contribution in [0.25, 0.3) is 0 Å². The monoisotopic (exact) mass is 318 g/mol. The van der Waals surface area contributed by atoms with Crippen molar-refractivity contribution < 1.29 is 23.4 Å². The van der Waals surface area contributed by atoms with Gasteiger partial charge in [-0.25, -0.2) is 8.42 Å². The SMILES string of the molecule is CC(=O)SCCC(O)C(O)c1cccc(S(C)(=O)=O)c1. The zero-order chi connectivity index (χ0) is 15.3. The third-order valence-electron chi connectivity index (χ3n) is 2.71. The van der Waals surface area contributed by atoms with Crippen LogP contribution in [0.5, 0.6) is 0 Å². The second kappa shape index (κ2) is 7.21. The molecule has 1 aromatic carbocycles. The molecule has 5 nitrogen and oxygen atoms in total. The lowest BCUT2D eigenvalue weighted by Gasteiger charge is -2.18. The first-order chi connectivity index (χ1) is 9.21. The highest BCUT2D eigenvalue weighted by atomic mass is 32.2. The van der Waals surface area contributed by atoms with Crippen LogP contribution in [0.2, 0.25) is 0 Å². The van der Waals surface area contributed by atoms with E-state index >= 15 is 0 Å². The smallest absolute Gasteiger partial charge is 0.185 e. The van der Waals surface area contributed by atoms with Crippen LogP contribution in [0.3, 0.4) is 0 Å². The third-order valence-corrected chi connectivity index (χ3v) is 4.67. The van der Waals surface area contributed by atoms with Gasteiger partial charge in [-0.2, -0.15) is 0 Å². The van der Waals surface area contributed by atoms with Crippen LogP contribution in [-0.4, -0.2) is 41.9 Å². The Morgan fingerprint density at radius 2 is 2.00 bits per heavy atom. The summed E-state index contributed by atoms with van der Waals surface area (Å²) in [7, 11) is -3.35. The van der Waals surface area contributed by atoms with E-state index in [1.165, 1.54) is 25.1 Å². The van der Waals surface area contributed by atoms with Gasteiger partial charge >= 0.3 is 0 Å². The molecule has 0 saturated carbocycles. The van der Waals surface area contributed by atoms with Gasteiger partial charge in [0.25, 0.3) is 0 Å². The highest BCUT2D eigenvalue weighted by molar-refractivity contribution is 8.13. The number of benzene rings is 1. The number of carbonyl (C=O) groups excluding carboxylic acids is 1. The maximum atomic E-state index is 11.4. The molecule has 2 N–H and O–H groups in total. The fourth-order valence-electron chi connectivity index (χ4n) is 1.63. The highest BCUT2D eigenvalue weighted by Crippen LogP contribution is 2.23. The van der Waals surface area contributed by atoms with E-state index < -0.39 is 22.0 Å². The van der Waals surface area contributed by atoms with Crippen molar-refractivity contribution in [2.45, 2.75) is 30.4 Å². The first kappa shape index (κ1) is 17.2. The van der Waals surface area contributed by atoms with E-state index in [1.54, 1.807) is 6.07 Å². The van der Waals surface area contributed by atoms with Gasteiger partial charge in [-0.1, -0.05) is 23.9 Å². The van der Waals surface area contributed by atoms with Gasteiger partial charge in [0, 0.05) is 18.9 Å². The molecule has 0 aromatic heterocycles. The van der Waals surface area contributed by atoms with Crippen LogP contribution in [-0.2, 0) is 14.6 Å². The molecule has 0 saturated heterocycles. The number of carbonyl (C=O) groups is 1. The van der Waals surface area contributed by atoms with Gasteiger partial charge in [0.15, 0.2) is 15.0 Å². The zero-order valence-electron chi connectivity index (χ0n) is 11.3. The molecule has 2 unspecified atom stereocenters. The van der Waals surface area contributed by atoms with Gasteiger partial charge in [-0.05, 0) is 24.1 Å². The molecule has 7 heteroatoms. The molecule has 0 bridgehead atoms. The van der Waals surface area contributed by atoms with Crippen molar-refractivity contribution in [3.63, 3.8) is 0 Å². The van der Waals surface area contributed by atoms with Crippen molar-refractivity contribution in [2.75, 3.05) is 12.0 Å². The minimum atomic E-state index is -3.35. The Hall–Kier alpha value is -0.890. The van der Waals surface area contributed by atoms with E-state index in [1.807, 2.05) is 0 Å². The Morgan fingerprint density at radius 3 is 2.55 bits per heavy atom. The predicted molar refractivity (Wildman–Crippen MR) is 78.3 cm³/mol. The van der Waals surface area contributed by atoms with Crippen molar-refractivity contribution in [2.24, 2.45) is 0 Å². The second-order valence-electron chi connectivity index (χ2n) is 4.49. The molecule has 0 spiro atoms. The quantitative estimate of drug-likeness (QED) is 0.817. The molecule has 0 aliphatic heterocycles. The molecule has 112 valence electrons. The van der Waals surface area contributed by atoms with Crippen molar-refractivity contribution >= 4 is 26.7 Å². The van der Waals surface area contributed by atoms with E-state index in [-0.39, 0.29) is 16.4 Å². The van der Waals surface area contributed by atoms with Crippen molar-refractivity contribution in [1.82, 2.24) is 0 Å². The number of aliphatic hydroxyl groups is 2. The number of sulfone groups is 1. The van der Waals surface area contributed by atoms with E-state index in [2.05, 4.69) is 0 Å². The minimum Gasteiger partial charge on any atom is -0.390 e. The number of rotatable bonds is 6. The molecule has 0 amide bonds. The Balaban J connectivity index is 2.76. The third kappa shape index (κ3) is 5.24. The summed E-state index contributed by atoms with van der Waals surface area (Å²) in [4.78, 5) is 10.9. The van der Waals surface area contributed by atoms with E-state index in [9.17, 15) is 23.4 Å². The van der Waals surface area contributed by atoms with Gasteiger partial charge in [0.2, 0.25) is 0 Å². The molecule has 0 heterocycles. The molecule has 0 aliphatic rings. The zero-order valence-corrected chi connectivity index (χ0v) is 12.9. The molecule has 20 heavy (non-hydrogen) atoms. The average Bonchev–Trinajstić information content (AvgIpc) is 2.36. The summed E-state index contributed by atoms with van der Waals surface area (Å²) in [5, 5.41) is 19.8.